The first kappa shape index (κ1) is 16.8. The third-order valence-corrected chi connectivity index (χ3v) is 3.50. The molecule has 0 aromatic heterocycles. The highest BCUT2D eigenvalue weighted by atomic mass is 16.6. The molecule has 0 spiro atoms. The van der Waals surface area contributed by atoms with Crippen LogP contribution in [0.1, 0.15) is 60.3 Å². The number of amides is 1. The standard InChI is InChI=1S/C15H27NO4/c1-6-9-16(13(19)20-14(2,3)4)15(5,12(17)18)10-11-7-8-11/h11H,6-10H2,1-5H3,(H,17,18). The fraction of sp³-hybridized carbons (Fsp3) is 0.867. The first-order valence-corrected chi connectivity index (χ1v) is 7.34. The molecule has 1 aliphatic carbocycles. The van der Waals surface area contributed by atoms with Gasteiger partial charge in [-0.1, -0.05) is 19.8 Å². The zero-order valence-corrected chi connectivity index (χ0v) is 13.2. The lowest BCUT2D eigenvalue weighted by Gasteiger charge is -2.38. The lowest BCUT2D eigenvalue weighted by Crippen LogP contribution is -2.56. The van der Waals surface area contributed by atoms with E-state index in [2.05, 4.69) is 0 Å². The number of carboxylic acid groups (broad SMARTS) is 1. The van der Waals surface area contributed by atoms with Gasteiger partial charge < -0.3 is 9.84 Å². The van der Waals surface area contributed by atoms with Crippen LogP contribution in [0.5, 0.6) is 0 Å². The smallest absolute Gasteiger partial charge is 0.411 e. The van der Waals surface area contributed by atoms with E-state index in [9.17, 15) is 14.7 Å². The number of nitrogens with zero attached hydrogens (tertiary/aromatic N) is 1. The first-order valence-electron chi connectivity index (χ1n) is 7.34. The highest BCUT2D eigenvalue weighted by Crippen LogP contribution is 2.39. The van der Waals surface area contributed by atoms with Crippen molar-refractivity contribution >= 4 is 12.1 Å². The Balaban J connectivity index is 2.94. The van der Waals surface area contributed by atoms with E-state index in [1.807, 2.05) is 6.92 Å². The molecule has 0 aromatic carbocycles. The maximum Gasteiger partial charge on any atom is 0.411 e. The summed E-state index contributed by atoms with van der Waals surface area (Å²) in [5.41, 5.74) is -1.80. The van der Waals surface area contributed by atoms with Crippen LogP contribution in [-0.2, 0) is 9.53 Å². The van der Waals surface area contributed by atoms with Crippen molar-refractivity contribution in [1.29, 1.82) is 0 Å². The second-order valence-corrected chi connectivity index (χ2v) is 6.86. The number of rotatable bonds is 6. The monoisotopic (exact) mass is 285 g/mol. The van der Waals surface area contributed by atoms with Crippen molar-refractivity contribution in [2.24, 2.45) is 5.92 Å². The molecule has 1 N–H and O–H groups in total. The number of carbonyl (C=O) groups excluding carboxylic acids is 1. The van der Waals surface area contributed by atoms with Crippen molar-refractivity contribution in [2.45, 2.75) is 71.4 Å². The van der Waals surface area contributed by atoms with Gasteiger partial charge in [-0.15, -0.1) is 0 Å². The van der Waals surface area contributed by atoms with Crippen LogP contribution in [0.25, 0.3) is 0 Å². The molecule has 0 saturated heterocycles. The predicted molar refractivity (Wildman–Crippen MR) is 76.6 cm³/mol. The molecule has 1 unspecified atom stereocenters. The Morgan fingerprint density at radius 3 is 2.15 bits per heavy atom. The number of aliphatic carboxylic acids is 1. The summed E-state index contributed by atoms with van der Waals surface area (Å²) in [4.78, 5) is 25.5. The van der Waals surface area contributed by atoms with Gasteiger partial charge in [0.05, 0.1) is 0 Å². The van der Waals surface area contributed by atoms with Crippen molar-refractivity contribution in [1.82, 2.24) is 4.90 Å². The Bertz CT molecular complexity index is 371. The Labute approximate surface area is 121 Å². The van der Waals surface area contributed by atoms with E-state index < -0.39 is 23.2 Å². The van der Waals surface area contributed by atoms with Crippen LogP contribution < -0.4 is 0 Å². The Morgan fingerprint density at radius 1 is 1.25 bits per heavy atom. The molecule has 5 nitrogen and oxygen atoms in total. The maximum absolute atomic E-state index is 12.3. The van der Waals surface area contributed by atoms with Crippen molar-refractivity contribution < 1.29 is 19.4 Å². The minimum atomic E-state index is -1.18. The van der Waals surface area contributed by atoms with E-state index in [0.717, 1.165) is 12.8 Å². The summed E-state index contributed by atoms with van der Waals surface area (Å²) < 4.78 is 5.37. The minimum Gasteiger partial charge on any atom is -0.480 e. The Kier molecular flexibility index (Phi) is 5.05. The number of hydrogen-bond acceptors (Lipinski definition) is 3. The zero-order chi connectivity index (χ0) is 15.6. The number of carbonyl (C=O) groups is 2. The minimum absolute atomic E-state index is 0.393. The molecule has 0 heterocycles. The van der Waals surface area contributed by atoms with E-state index >= 15 is 0 Å². The molecule has 0 bridgehead atoms. The van der Waals surface area contributed by atoms with E-state index in [0.29, 0.717) is 25.3 Å². The quantitative estimate of drug-likeness (QED) is 0.813. The van der Waals surface area contributed by atoms with Crippen LogP contribution in [0.2, 0.25) is 0 Å². The summed E-state index contributed by atoms with van der Waals surface area (Å²) >= 11 is 0. The summed E-state index contributed by atoms with van der Waals surface area (Å²) in [5, 5.41) is 9.60. The molecule has 1 aliphatic rings. The molecule has 20 heavy (non-hydrogen) atoms. The lowest BCUT2D eigenvalue weighted by atomic mass is 9.92. The molecular formula is C15H27NO4. The molecule has 1 fully saturated rings. The van der Waals surface area contributed by atoms with Gasteiger partial charge in [-0.05, 0) is 46.5 Å². The zero-order valence-electron chi connectivity index (χ0n) is 13.2. The highest BCUT2D eigenvalue weighted by Gasteiger charge is 2.46. The third-order valence-electron chi connectivity index (χ3n) is 3.50. The second kappa shape index (κ2) is 6.02. The molecule has 0 radical (unpaired) electrons. The first-order chi connectivity index (χ1) is 9.10. The van der Waals surface area contributed by atoms with Crippen molar-refractivity contribution in [3.8, 4) is 0 Å². The average Bonchev–Trinajstić information content (AvgIpc) is 3.06. The summed E-state index contributed by atoms with van der Waals surface area (Å²) in [5.74, 6) is -0.540. The van der Waals surface area contributed by atoms with Gasteiger partial charge in [-0.25, -0.2) is 9.59 Å². The predicted octanol–water partition coefficient (Wildman–Crippen LogP) is 3.28. The third kappa shape index (κ3) is 4.39. The van der Waals surface area contributed by atoms with E-state index in [1.54, 1.807) is 27.7 Å². The summed E-state index contributed by atoms with van der Waals surface area (Å²) in [7, 11) is 0. The largest absolute Gasteiger partial charge is 0.480 e. The SMILES string of the molecule is CCCN(C(=O)OC(C)(C)C)C(C)(CC1CC1)C(=O)O. The fourth-order valence-corrected chi connectivity index (χ4v) is 2.28. The molecule has 1 atom stereocenters. The van der Waals surface area contributed by atoms with Crippen LogP contribution in [-0.4, -0.2) is 39.8 Å². The topological polar surface area (TPSA) is 66.8 Å². The van der Waals surface area contributed by atoms with Crippen LogP contribution in [0.15, 0.2) is 0 Å². The van der Waals surface area contributed by atoms with E-state index in [4.69, 9.17) is 4.74 Å². The molecule has 5 heteroatoms. The molecular weight excluding hydrogens is 258 g/mol. The maximum atomic E-state index is 12.3. The van der Waals surface area contributed by atoms with Gasteiger partial charge in [0.15, 0.2) is 0 Å². The normalized spacial score (nSPS) is 18.2. The van der Waals surface area contributed by atoms with E-state index in [1.165, 1.54) is 4.90 Å². The van der Waals surface area contributed by atoms with Crippen molar-refractivity contribution in [3.05, 3.63) is 0 Å². The molecule has 1 rings (SSSR count). The number of hydrogen-bond donors (Lipinski definition) is 1. The highest BCUT2D eigenvalue weighted by molar-refractivity contribution is 5.84. The van der Waals surface area contributed by atoms with Crippen LogP contribution >= 0.6 is 0 Å². The molecule has 116 valence electrons. The summed E-state index contributed by atoms with van der Waals surface area (Å²) in [6, 6.07) is 0. The fourth-order valence-electron chi connectivity index (χ4n) is 2.28. The molecule has 0 aliphatic heterocycles. The second-order valence-electron chi connectivity index (χ2n) is 6.86. The van der Waals surface area contributed by atoms with Crippen LogP contribution in [0.3, 0.4) is 0 Å². The van der Waals surface area contributed by atoms with Gasteiger partial charge in [0, 0.05) is 6.54 Å². The lowest BCUT2D eigenvalue weighted by molar-refractivity contribution is -0.151. The summed E-state index contributed by atoms with van der Waals surface area (Å²) in [6.07, 6.45) is 2.77. The van der Waals surface area contributed by atoms with E-state index in [-0.39, 0.29) is 0 Å². The number of carboxylic acids is 1. The Morgan fingerprint density at radius 2 is 1.80 bits per heavy atom. The van der Waals surface area contributed by atoms with Crippen molar-refractivity contribution in [3.63, 3.8) is 0 Å². The number of ether oxygens (including phenoxy) is 1. The van der Waals surface area contributed by atoms with Crippen molar-refractivity contribution in [2.75, 3.05) is 6.54 Å². The molecule has 1 amide bonds. The molecule has 1 saturated carbocycles. The molecule has 0 aromatic rings. The van der Waals surface area contributed by atoms with Gasteiger partial charge in [-0.2, -0.15) is 0 Å². The van der Waals surface area contributed by atoms with Gasteiger partial charge in [-0.3, -0.25) is 4.90 Å². The Hall–Kier alpha value is -1.26. The summed E-state index contributed by atoms with van der Waals surface area (Å²) in [6.45, 7) is 9.31. The van der Waals surface area contributed by atoms with Crippen LogP contribution in [0, 0.1) is 5.92 Å². The van der Waals surface area contributed by atoms with Crippen LogP contribution in [0.4, 0.5) is 4.79 Å². The van der Waals surface area contributed by atoms with Gasteiger partial charge in [0.2, 0.25) is 0 Å². The van der Waals surface area contributed by atoms with Gasteiger partial charge in [0.25, 0.3) is 0 Å². The van der Waals surface area contributed by atoms with Gasteiger partial charge in [0.1, 0.15) is 11.1 Å². The average molecular weight is 285 g/mol. The van der Waals surface area contributed by atoms with Gasteiger partial charge >= 0.3 is 12.1 Å².